The molecule has 3 aliphatic rings. The van der Waals surface area contributed by atoms with E-state index in [2.05, 4.69) is 4.98 Å². The smallest absolute Gasteiger partial charge is 0.319 e. The van der Waals surface area contributed by atoms with Gasteiger partial charge in [0.05, 0.1) is 23.6 Å². The van der Waals surface area contributed by atoms with Gasteiger partial charge in [0.1, 0.15) is 5.76 Å². The number of urea groups is 1. The Kier molecular flexibility index (Phi) is 3.98. The second kappa shape index (κ2) is 5.97. The number of rotatable bonds is 2. The van der Waals surface area contributed by atoms with Crippen LogP contribution in [0.3, 0.4) is 0 Å². The monoisotopic (exact) mass is 382 g/mol. The normalized spacial score (nSPS) is 27.3. The average molecular weight is 382 g/mol. The van der Waals surface area contributed by atoms with Gasteiger partial charge in [-0.3, -0.25) is 4.79 Å². The zero-order valence-corrected chi connectivity index (χ0v) is 15.6. The van der Waals surface area contributed by atoms with E-state index in [0.717, 1.165) is 12.8 Å². The van der Waals surface area contributed by atoms with E-state index in [4.69, 9.17) is 4.42 Å². The van der Waals surface area contributed by atoms with E-state index in [1.807, 2.05) is 0 Å². The van der Waals surface area contributed by atoms with Gasteiger partial charge >= 0.3 is 6.03 Å². The Labute approximate surface area is 151 Å². The van der Waals surface area contributed by atoms with Crippen molar-refractivity contribution in [1.29, 1.82) is 0 Å². The molecule has 2 aliphatic heterocycles. The second-order valence-electron chi connectivity index (χ2n) is 7.42. The Morgan fingerprint density at radius 1 is 1.15 bits per heavy atom. The molecule has 10 heteroatoms. The zero-order valence-electron chi connectivity index (χ0n) is 14.8. The molecule has 1 aliphatic carbocycles. The number of nitrogens with zero attached hydrogens (tertiary/aromatic N) is 4. The third kappa shape index (κ3) is 2.85. The summed E-state index contributed by atoms with van der Waals surface area (Å²) in [4.78, 5) is 34.2. The highest BCUT2D eigenvalue weighted by Gasteiger charge is 2.50. The molecule has 0 radical (unpaired) electrons. The molecule has 2 atom stereocenters. The van der Waals surface area contributed by atoms with Crippen molar-refractivity contribution in [1.82, 2.24) is 19.7 Å². The minimum Gasteiger partial charge on any atom is -0.447 e. The first-order valence-corrected chi connectivity index (χ1v) is 10.5. The molecule has 3 fully saturated rings. The third-order valence-electron chi connectivity index (χ3n) is 5.31. The Hall–Kier alpha value is -2.10. The summed E-state index contributed by atoms with van der Waals surface area (Å²) in [6, 6.07) is -1.30. The first-order chi connectivity index (χ1) is 12.3. The quantitative estimate of drug-likeness (QED) is 0.722. The number of aromatic nitrogens is 1. The summed E-state index contributed by atoms with van der Waals surface area (Å²) >= 11 is 0. The van der Waals surface area contributed by atoms with Crippen molar-refractivity contribution < 1.29 is 22.4 Å². The summed E-state index contributed by atoms with van der Waals surface area (Å²) in [5.74, 6) is 0.284. The maximum absolute atomic E-state index is 13.1. The van der Waals surface area contributed by atoms with E-state index in [1.54, 1.807) is 23.9 Å². The molecule has 9 nitrogen and oxygen atoms in total. The fraction of sp³-hybridized carbons (Fsp3) is 0.688. The van der Waals surface area contributed by atoms with Crippen molar-refractivity contribution >= 4 is 21.8 Å². The van der Waals surface area contributed by atoms with Crippen LogP contribution in [-0.2, 0) is 9.84 Å². The molecule has 1 saturated carbocycles. The molecule has 0 bridgehead atoms. The maximum atomic E-state index is 13.1. The summed E-state index contributed by atoms with van der Waals surface area (Å²) in [5.41, 5.74) is 0.280. The molecule has 0 aromatic carbocycles. The molecular weight excluding hydrogens is 360 g/mol. The van der Waals surface area contributed by atoms with Gasteiger partial charge in [-0.05, 0) is 12.8 Å². The Morgan fingerprint density at radius 2 is 1.77 bits per heavy atom. The van der Waals surface area contributed by atoms with Crippen molar-refractivity contribution in [3.63, 3.8) is 0 Å². The standard InChI is InChI=1S/C16H22N4O5S/c1-18(2)16(22)20-6-5-19(11-7-26(23,24)8-12(11)20)15(21)13-14(10-3-4-10)25-9-17-13/h9-12H,3-8H2,1-2H3/t11-,12+/m0/s1. The van der Waals surface area contributed by atoms with Crippen LogP contribution in [0.1, 0.15) is 35.0 Å². The predicted octanol–water partition coefficient (Wildman–Crippen LogP) is 0.157. The molecule has 2 saturated heterocycles. The minimum absolute atomic E-state index is 0.116. The van der Waals surface area contributed by atoms with Crippen molar-refractivity contribution in [2.45, 2.75) is 30.8 Å². The number of fused-ring (bicyclic) bond motifs is 1. The van der Waals surface area contributed by atoms with Crippen LogP contribution in [-0.4, -0.2) is 90.8 Å². The Balaban J connectivity index is 1.63. The Morgan fingerprint density at radius 3 is 2.38 bits per heavy atom. The maximum Gasteiger partial charge on any atom is 0.319 e. The molecule has 1 aromatic rings. The average Bonchev–Trinajstić information content (AvgIpc) is 3.20. The first kappa shape index (κ1) is 17.3. The SMILES string of the molecule is CN(C)C(=O)N1CCN(C(=O)c2ncoc2C2CC2)[C@H]2CS(=O)(=O)C[C@H]21. The lowest BCUT2D eigenvalue weighted by atomic mass is 10.0. The van der Waals surface area contributed by atoms with Crippen LogP contribution in [0.25, 0.3) is 0 Å². The van der Waals surface area contributed by atoms with Gasteiger partial charge in [0.25, 0.3) is 5.91 Å². The fourth-order valence-electron chi connectivity index (χ4n) is 3.89. The van der Waals surface area contributed by atoms with Crippen molar-refractivity contribution in [2.24, 2.45) is 0 Å². The van der Waals surface area contributed by atoms with Gasteiger partial charge in [-0.15, -0.1) is 0 Å². The molecule has 26 heavy (non-hydrogen) atoms. The highest BCUT2D eigenvalue weighted by molar-refractivity contribution is 7.91. The minimum atomic E-state index is -3.32. The molecule has 0 N–H and O–H groups in total. The van der Waals surface area contributed by atoms with E-state index in [9.17, 15) is 18.0 Å². The zero-order chi connectivity index (χ0) is 18.6. The number of oxazole rings is 1. The number of sulfone groups is 1. The van der Waals surface area contributed by atoms with Crippen LogP contribution in [0.15, 0.2) is 10.8 Å². The summed E-state index contributed by atoms with van der Waals surface area (Å²) in [6.45, 7) is 0.585. The highest BCUT2D eigenvalue weighted by Crippen LogP contribution is 2.42. The van der Waals surface area contributed by atoms with Gasteiger partial charge in [0, 0.05) is 33.1 Å². The number of amides is 3. The number of carbonyl (C=O) groups is 2. The van der Waals surface area contributed by atoms with E-state index in [1.165, 1.54) is 11.3 Å². The van der Waals surface area contributed by atoms with Gasteiger partial charge in [0.15, 0.2) is 21.9 Å². The fourth-order valence-corrected chi connectivity index (χ4v) is 5.87. The summed E-state index contributed by atoms with van der Waals surface area (Å²) in [7, 11) is -0.0514. The van der Waals surface area contributed by atoms with E-state index < -0.39 is 21.9 Å². The van der Waals surface area contributed by atoms with Crippen LogP contribution >= 0.6 is 0 Å². The van der Waals surface area contributed by atoms with E-state index in [0.29, 0.717) is 12.3 Å². The summed E-state index contributed by atoms with van der Waals surface area (Å²) < 4.78 is 29.9. The second-order valence-corrected chi connectivity index (χ2v) is 9.57. The largest absolute Gasteiger partial charge is 0.447 e. The van der Waals surface area contributed by atoms with Crippen molar-refractivity contribution in [3.05, 3.63) is 17.8 Å². The number of hydrogen-bond donors (Lipinski definition) is 0. The molecule has 0 unspecified atom stereocenters. The predicted molar refractivity (Wildman–Crippen MR) is 91.5 cm³/mol. The number of hydrogen-bond acceptors (Lipinski definition) is 6. The van der Waals surface area contributed by atoms with Gasteiger partial charge in [-0.1, -0.05) is 0 Å². The van der Waals surface area contributed by atoms with Crippen molar-refractivity contribution in [3.8, 4) is 0 Å². The van der Waals surface area contributed by atoms with E-state index in [-0.39, 0.29) is 41.6 Å². The molecule has 142 valence electrons. The van der Waals surface area contributed by atoms with Gasteiger partial charge in [0.2, 0.25) is 0 Å². The molecule has 1 aromatic heterocycles. The third-order valence-corrected chi connectivity index (χ3v) is 7.01. The van der Waals surface area contributed by atoms with Gasteiger partial charge in [-0.25, -0.2) is 18.2 Å². The molecule has 0 spiro atoms. The lowest BCUT2D eigenvalue weighted by Gasteiger charge is -2.44. The van der Waals surface area contributed by atoms with Gasteiger partial charge in [-0.2, -0.15) is 0 Å². The number of carbonyl (C=O) groups excluding carboxylic acids is 2. The summed E-state index contributed by atoms with van der Waals surface area (Å²) in [5, 5.41) is 0. The lowest BCUT2D eigenvalue weighted by molar-refractivity contribution is 0.0387. The van der Waals surface area contributed by atoms with Crippen LogP contribution in [0.4, 0.5) is 4.79 Å². The molecule has 3 heterocycles. The molecular formula is C16H22N4O5S. The van der Waals surface area contributed by atoms with Crippen molar-refractivity contribution in [2.75, 3.05) is 38.7 Å². The van der Waals surface area contributed by atoms with Gasteiger partial charge < -0.3 is 19.1 Å². The van der Waals surface area contributed by atoms with Crippen LogP contribution in [0.2, 0.25) is 0 Å². The van der Waals surface area contributed by atoms with E-state index >= 15 is 0 Å². The topological polar surface area (TPSA) is 104 Å². The first-order valence-electron chi connectivity index (χ1n) is 8.71. The molecule has 4 rings (SSSR count). The van der Waals surface area contributed by atoms with Crippen LogP contribution in [0.5, 0.6) is 0 Å². The highest BCUT2D eigenvalue weighted by atomic mass is 32.2. The summed E-state index contributed by atoms with van der Waals surface area (Å²) in [6.07, 6.45) is 3.22. The Bertz CT molecular complexity index is 845. The van der Waals surface area contributed by atoms with Crippen LogP contribution < -0.4 is 0 Å². The molecule has 3 amide bonds. The number of piperazine rings is 1. The lowest BCUT2D eigenvalue weighted by Crippen LogP contribution is -2.63. The van der Waals surface area contributed by atoms with Crippen LogP contribution in [0, 0.1) is 0 Å².